The molecule has 28 heavy (non-hydrogen) atoms. The van der Waals surface area contributed by atoms with Crippen LogP contribution >= 0.6 is 0 Å². The van der Waals surface area contributed by atoms with Crippen molar-refractivity contribution in [2.75, 3.05) is 0 Å². The molecule has 5 heteroatoms. The SMILES string of the molecule is CC12CCC3[C@H](C1CCC2CCCC(=O)O)C(F)(F)CC1CC(F)CCC13C. The largest absolute Gasteiger partial charge is 0.481 e. The lowest BCUT2D eigenvalue weighted by molar-refractivity contribution is -0.235. The molecule has 0 saturated heterocycles. The van der Waals surface area contributed by atoms with Gasteiger partial charge >= 0.3 is 5.97 Å². The minimum atomic E-state index is -2.70. The molecule has 4 fully saturated rings. The number of aliphatic carboxylic acids is 1. The Kier molecular flexibility index (Phi) is 5.06. The molecule has 0 radical (unpaired) electrons. The van der Waals surface area contributed by atoms with Gasteiger partial charge in [-0.2, -0.15) is 0 Å². The van der Waals surface area contributed by atoms with E-state index in [0.29, 0.717) is 25.2 Å². The van der Waals surface area contributed by atoms with Gasteiger partial charge < -0.3 is 5.11 Å². The fourth-order valence-electron chi connectivity index (χ4n) is 8.19. The van der Waals surface area contributed by atoms with E-state index in [0.717, 1.165) is 38.5 Å². The third-order valence-electron chi connectivity index (χ3n) is 9.73. The van der Waals surface area contributed by atoms with Crippen molar-refractivity contribution in [3.05, 3.63) is 0 Å². The molecule has 0 aromatic carbocycles. The molecule has 160 valence electrons. The van der Waals surface area contributed by atoms with E-state index in [1.54, 1.807) is 0 Å². The topological polar surface area (TPSA) is 37.3 Å². The van der Waals surface area contributed by atoms with Crippen molar-refractivity contribution in [2.45, 2.75) is 96.6 Å². The Hall–Kier alpha value is -0.740. The Labute approximate surface area is 166 Å². The van der Waals surface area contributed by atoms with Crippen LogP contribution in [0.3, 0.4) is 0 Å². The summed E-state index contributed by atoms with van der Waals surface area (Å²) in [5.74, 6) is -3.85. The molecule has 0 aliphatic heterocycles. The summed E-state index contributed by atoms with van der Waals surface area (Å²) in [5.41, 5.74) is -0.235. The van der Waals surface area contributed by atoms with Crippen molar-refractivity contribution < 1.29 is 23.1 Å². The Morgan fingerprint density at radius 1 is 1.04 bits per heavy atom. The summed E-state index contributed by atoms with van der Waals surface area (Å²) in [5, 5.41) is 8.94. The highest BCUT2D eigenvalue weighted by molar-refractivity contribution is 5.66. The Balaban J connectivity index is 1.58. The zero-order chi connectivity index (χ0) is 20.3. The highest BCUT2D eigenvalue weighted by Gasteiger charge is 2.67. The third-order valence-corrected chi connectivity index (χ3v) is 9.73. The van der Waals surface area contributed by atoms with Crippen LogP contribution in [-0.2, 0) is 4.79 Å². The van der Waals surface area contributed by atoms with Crippen LogP contribution in [0.2, 0.25) is 0 Å². The molecule has 4 rings (SSSR count). The Morgan fingerprint density at radius 3 is 2.43 bits per heavy atom. The van der Waals surface area contributed by atoms with Gasteiger partial charge in [0.05, 0.1) is 0 Å². The number of carboxylic acids is 1. The average Bonchev–Trinajstić information content (AvgIpc) is 2.93. The first-order chi connectivity index (χ1) is 13.1. The van der Waals surface area contributed by atoms with E-state index in [1.807, 2.05) is 0 Å². The predicted octanol–water partition coefficient (Wildman–Crippen LogP) is 6.48. The monoisotopic (exact) mass is 400 g/mol. The van der Waals surface area contributed by atoms with E-state index in [9.17, 15) is 9.18 Å². The van der Waals surface area contributed by atoms with Gasteiger partial charge in [-0.3, -0.25) is 4.79 Å². The summed E-state index contributed by atoms with van der Waals surface area (Å²) in [6.45, 7) is 4.38. The second-order valence-corrected chi connectivity index (χ2v) is 10.9. The fourth-order valence-corrected chi connectivity index (χ4v) is 8.19. The molecule has 0 bridgehead atoms. The summed E-state index contributed by atoms with van der Waals surface area (Å²) in [6, 6.07) is 0. The predicted molar refractivity (Wildman–Crippen MR) is 102 cm³/mol. The van der Waals surface area contributed by atoms with Gasteiger partial charge in [0.25, 0.3) is 5.92 Å². The lowest BCUT2D eigenvalue weighted by atomic mass is 9.43. The van der Waals surface area contributed by atoms with Crippen molar-refractivity contribution in [1.82, 2.24) is 0 Å². The van der Waals surface area contributed by atoms with Gasteiger partial charge in [-0.15, -0.1) is 0 Å². The number of alkyl halides is 3. The highest BCUT2D eigenvalue weighted by atomic mass is 19.3. The van der Waals surface area contributed by atoms with Crippen LogP contribution < -0.4 is 0 Å². The third kappa shape index (κ3) is 3.10. The smallest absolute Gasteiger partial charge is 0.303 e. The van der Waals surface area contributed by atoms with Crippen LogP contribution in [0.15, 0.2) is 0 Å². The molecule has 0 heterocycles. The van der Waals surface area contributed by atoms with Gasteiger partial charge in [0.15, 0.2) is 0 Å². The zero-order valence-electron chi connectivity index (χ0n) is 17.2. The molecule has 8 atom stereocenters. The lowest BCUT2D eigenvalue weighted by Crippen LogP contribution is -2.60. The van der Waals surface area contributed by atoms with Crippen LogP contribution in [0.4, 0.5) is 13.2 Å². The minimum Gasteiger partial charge on any atom is -0.481 e. The molecular weight excluding hydrogens is 365 g/mol. The van der Waals surface area contributed by atoms with Gasteiger partial charge in [-0.1, -0.05) is 13.8 Å². The normalized spacial score (nSPS) is 49.8. The molecule has 0 aromatic rings. The van der Waals surface area contributed by atoms with E-state index in [4.69, 9.17) is 5.11 Å². The zero-order valence-corrected chi connectivity index (χ0v) is 17.2. The molecule has 0 aromatic heterocycles. The van der Waals surface area contributed by atoms with E-state index in [2.05, 4.69) is 13.8 Å². The molecule has 7 unspecified atom stereocenters. The van der Waals surface area contributed by atoms with E-state index in [-0.39, 0.29) is 41.4 Å². The molecule has 4 aliphatic rings. The van der Waals surface area contributed by atoms with Crippen molar-refractivity contribution in [3.63, 3.8) is 0 Å². The Morgan fingerprint density at radius 2 is 1.71 bits per heavy atom. The quantitative estimate of drug-likeness (QED) is 0.586. The van der Waals surface area contributed by atoms with Gasteiger partial charge in [-0.25, -0.2) is 13.2 Å². The van der Waals surface area contributed by atoms with Gasteiger partial charge in [0, 0.05) is 18.8 Å². The maximum atomic E-state index is 15.5. The number of carbonyl (C=O) groups is 1. The first kappa shape index (κ1) is 20.5. The number of hydrogen-bond acceptors (Lipinski definition) is 1. The summed E-state index contributed by atoms with van der Waals surface area (Å²) in [7, 11) is 0. The lowest BCUT2D eigenvalue weighted by Gasteiger charge is -2.62. The van der Waals surface area contributed by atoms with Crippen molar-refractivity contribution >= 4 is 5.97 Å². The van der Waals surface area contributed by atoms with Crippen LogP contribution in [-0.4, -0.2) is 23.2 Å². The second-order valence-electron chi connectivity index (χ2n) is 10.9. The summed E-state index contributed by atoms with van der Waals surface area (Å²) in [4.78, 5) is 10.9. The molecular formula is C23H35F3O2. The Bertz CT molecular complexity index is 623. The molecule has 1 N–H and O–H groups in total. The summed E-state index contributed by atoms with van der Waals surface area (Å²) >= 11 is 0. The molecule has 2 nitrogen and oxygen atoms in total. The minimum absolute atomic E-state index is 0.00425. The number of fused-ring (bicyclic) bond motifs is 5. The van der Waals surface area contributed by atoms with Gasteiger partial charge in [0.1, 0.15) is 6.17 Å². The summed E-state index contributed by atoms with van der Waals surface area (Å²) in [6.07, 6.45) is 5.79. The van der Waals surface area contributed by atoms with Crippen molar-refractivity contribution in [1.29, 1.82) is 0 Å². The molecule has 0 amide bonds. The van der Waals surface area contributed by atoms with Crippen molar-refractivity contribution in [3.8, 4) is 0 Å². The fraction of sp³-hybridized carbons (Fsp3) is 0.957. The number of hydrogen-bond donors (Lipinski definition) is 1. The maximum absolute atomic E-state index is 15.5. The molecule has 0 spiro atoms. The van der Waals surface area contributed by atoms with Crippen LogP contribution in [0, 0.1) is 40.4 Å². The van der Waals surface area contributed by atoms with E-state index in [1.165, 1.54) is 0 Å². The van der Waals surface area contributed by atoms with Gasteiger partial charge in [-0.05, 0) is 92.3 Å². The average molecular weight is 401 g/mol. The highest BCUT2D eigenvalue weighted by Crippen LogP contribution is 2.70. The molecule has 4 saturated carbocycles. The summed E-state index contributed by atoms with van der Waals surface area (Å²) < 4.78 is 45.0. The first-order valence-electron chi connectivity index (χ1n) is 11.3. The number of rotatable bonds is 4. The number of carboxylic acid groups (broad SMARTS) is 1. The maximum Gasteiger partial charge on any atom is 0.303 e. The first-order valence-corrected chi connectivity index (χ1v) is 11.3. The van der Waals surface area contributed by atoms with Crippen LogP contribution in [0.25, 0.3) is 0 Å². The van der Waals surface area contributed by atoms with E-state index < -0.39 is 24.0 Å². The molecule has 4 aliphatic carbocycles. The standard InChI is InChI=1S/C23H35F3O2/c1-21-11-9-18-20(17(21)7-6-14(21)4-3-5-19(27)28)23(25,26)13-15-12-16(24)8-10-22(15,18)2/h14-18,20H,3-13H2,1-2H3,(H,27,28)/t14?,15?,16?,17?,18?,20-,21?,22?/m0/s1. The number of halogens is 3. The van der Waals surface area contributed by atoms with Crippen molar-refractivity contribution in [2.24, 2.45) is 40.4 Å². The van der Waals surface area contributed by atoms with Crippen LogP contribution in [0.5, 0.6) is 0 Å². The van der Waals surface area contributed by atoms with Gasteiger partial charge in [0.2, 0.25) is 0 Å². The second kappa shape index (κ2) is 6.91. The van der Waals surface area contributed by atoms with Crippen LogP contribution in [0.1, 0.15) is 84.5 Å². The van der Waals surface area contributed by atoms with E-state index >= 15 is 8.78 Å².